The molecule has 1 heterocycles. The molecule has 0 saturated heterocycles. The number of amides is 2. The topological polar surface area (TPSA) is 58.2 Å². The molecule has 154 valence electrons. The molecule has 6 heteroatoms. The lowest BCUT2D eigenvalue weighted by Gasteiger charge is -2.12. The highest BCUT2D eigenvalue weighted by Crippen LogP contribution is 2.16. The van der Waals surface area contributed by atoms with Crippen LogP contribution in [0.5, 0.6) is 0 Å². The van der Waals surface area contributed by atoms with E-state index in [0.29, 0.717) is 23.6 Å². The third kappa shape index (κ3) is 5.81. The largest absolute Gasteiger partial charge is 0.350 e. The Bertz CT molecular complexity index is 1070. The van der Waals surface area contributed by atoms with E-state index in [9.17, 15) is 9.59 Å². The third-order valence-corrected chi connectivity index (χ3v) is 5.92. The Balaban J connectivity index is 1.72. The normalized spacial score (nSPS) is 11.2. The van der Waals surface area contributed by atoms with E-state index in [4.69, 9.17) is 11.6 Å². The van der Waals surface area contributed by atoms with Crippen LogP contribution in [0.15, 0.2) is 65.7 Å². The molecule has 0 bridgehead atoms. The van der Waals surface area contributed by atoms with Crippen molar-refractivity contribution in [2.75, 3.05) is 6.54 Å². The number of benzene rings is 2. The average molecular weight is 439 g/mol. The van der Waals surface area contributed by atoms with Crippen LogP contribution >= 0.6 is 22.9 Å². The molecule has 3 aromatic rings. The monoisotopic (exact) mass is 438 g/mol. The van der Waals surface area contributed by atoms with Crippen LogP contribution in [-0.4, -0.2) is 18.4 Å². The Kier molecular flexibility index (Phi) is 7.44. The molecule has 0 aliphatic carbocycles. The van der Waals surface area contributed by atoms with Crippen LogP contribution in [0.3, 0.4) is 0 Å². The van der Waals surface area contributed by atoms with Crippen molar-refractivity contribution >= 4 is 40.8 Å². The molecule has 2 amide bonds. The van der Waals surface area contributed by atoms with Gasteiger partial charge in [-0.15, -0.1) is 11.3 Å². The van der Waals surface area contributed by atoms with Crippen molar-refractivity contribution in [2.24, 2.45) is 0 Å². The van der Waals surface area contributed by atoms with Gasteiger partial charge < -0.3 is 10.6 Å². The Morgan fingerprint density at radius 1 is 1.03 bits per heavy atom. The molecule has 0 aliphatic heterocycles. The average Bonchev–Trinajstić information content (AvgIpc) is 3.24. The molecule has 0 atom stereocenters. The summed E-state index contributed by atoms with van der Waals surface area (Å²) in [4.78, 5) is 26.4. The first-order valence-electron chi connectivity index (χ1n) is 9.59. The number of hydrogen-bond donors (Lipinski definition) is 2. The molecule has 0 radical (unpaired) electrons. The van der Waals surface area contributed by atoms with Gasteiger partial charge in [0.05, 0.1) is 0 Å². The summed E-state index contributed by atoms with van der Waals surface area (Å²) in [6.07, 6.45) is 2.29. The Morgan fingerprint density at radius 2 is 1.83 bits per heavy atom. The molecule has 4 nitrogen and oxygen atoms in total. The van der Waals surface area contributed by atoms with Crippen molar-refractivity contribution in [1.29, 1.82) is 0 Å². The van der Waals surface area contributed by atoms with E-state index in [-0.39, 0.29) is 17.5 Å². The molecule has 1 aromatic heterocycles. The van der Waals surface area contributed by atoms with Gasteiger partial charge in [-0.1, -0.05) is 41.9 Å². The van der Waals surface area contributed by atoms with E-state index < -0.39 is 0 Å². The van der Waals surface area contributed by atoms with Gasteiger partial charge in [-0.2, -0.15) is 0 Å². The number of halogens is 1. The Labute approximate surface area is 185 Å². The standard InChI is InChI=1S/C24H23ClN2O2S/c1-16-9-10-19(14-17(16)2)23(28)27-22(15-20-7-5-13-30-20)24(29)26-12-11-18-6-3-4-8-21(18)25/h3-10,13-15H,11-12H2,1-2H3,(H,26,29)(H,27,28)/b22-15+. The minimum atomic E-state index is -0.340. The summed E-state index contributed by atoms with van der Waals surface area (Å²) in [6, 6.07) is 16.8. The van der Waals surface area contributed by atoms with Crippen molar-refractivity contribution < 1.29 is 9.59 Å². The summed E-state index contributed by atoms with van der Waals surface area (Å²) in [5.74, 6) is -0.658. The number of rotatable bonds is 7. The van der Waals surface area contributed by atoms with Gasteiger partial charge >= 0.3 is 0 Å². The first-order valence-corrected chi connectivity index (χ1v) is 10.8. The molecule has 0 saturated carbocycles. The molecule has 2 aromatic carbocycles. The number of aryl methyl sites for hydroxylation is 2. The summed E-state index contributed by atoms with van der Waals surface area (Å²) in [5, 5.41) is 8.23. The van der Waals surface area contributed by atoms with E-state index >= 15 is 0 Å². The number of carbonyl (C=O) groups is 2. The Morgan fingerprint density at radius 3 is 2.53 bits per heavy atom. The van der Waals surface area contributed by atoms with Crippen molar-refractivity contribution in [1.82, 2.24) is 10.6 Å². The number of nitrogens with one attached hydrogen (secondary N) is 2. The van der Waals surface area contributed by atoms with Crippen molar-refractivity contribution in [2.45, 2.75) is 20.3 Å². The zero-order valence-electron chi connectivity index (χ0n) is 16.9. The fourth-order valence-corrected chi connectivity index (χ4v) is 3.75. The van der Waals surface area contributed by atoms with Crippen molar-refractivity contribution in [3.63, 3.8) is 0 Å². The molecule has 0 spiro atoms. The molecule has 30 heavy (non-hydrogen) atoms. The van der Waals surface area contributed by atoms with E-state index in [1.54, 1.807) is 12.1 Å². The zero-order chi connectivity index (χ0) is 21.5. The molecule has 3 rings (SSSR count). The van der Waals surface area contributed by atoms with Crippen LogP contribution in [0.25, 0.3) is 6.08 Å². The molecule has 2 N–H and O–H groups in total. The second kappa shape index (κ2) is 10.2. The van der Waals surface area contributed by atoms with E-state index in [2.05, 4.69) is 10.6 Å². The number of hydrogen-bond acceptors (Lipinski definition) is 3. The molecule has 0 fully saturated rings. The highest BCUT2D eigenvalue weighted by Gasteiger charge is 2.15. The van der Waals surface area contributed by atoms with Crippen LogP contribution < -0.4 is 10.6 Å². The van der Waals surface area contributed by atoms with E-state index in [1.807, 2.05) is 67.8 Å². The lowest BCUT2D eigenvalue weighted by molar-refractivity contribution is -0.117. The minimum Gasteiger partial charge on any atom is -0.350 e. The fraction of sp³-hybridized carbons (Fsp3) is 0.167. The maximum absolute atomic E-state index is 12.8. The first kappa shape index (κ1) is 21.8. The quantitative estimate of drug-likeness (QED) is 0.501. The van der Waals surface area contributed by atoms with Crippen LogP contribution in [0.4, 0.5) is 0 Å². The van der Waals surface area contributed by atoms with Crippen molar-refractivity contribution in [3.05, 3.63) is 97.8 Å². The summed E-state index contributed by atoms with van der Waals surface area (Å²) in [6.45, 7) is 4.35. The van der Waals surface area contributed by atoms with Gasteiger partial charge in [-0.25, -0.2) is 0 Å². The van der Waals surface area contributed by atoms with Crippen LogP contribution in [0, 0.1) is 13.8 Å². The first-order chi connectivity index (χ1) is 14.4. The van der Waals surface area contributed by atoms with Crippen LogP contribution in [0.2, 0.25) is 5.02 Å². The number of carbonyl (C=O) groups excluding carboxylic acids is 2. The second-order valence-corrected chi connectivity index (χ2v) is 8.31. The van der Waals surface area contributed by atoms with E-state index in [0.717, 1.165) is 21.6 Å². The molecule has 0 aliphatic rings. The van der Waals surface area contributed by atoms with Gasteiger partial charge in [0.25, 0.3) is 11.8 Å². The Hall–Kier alpha value is -2.89. The summed E-state index contributed by atoms with van der Waals surface area (Å²) in [7, 11) is 0. The predicted octanol–water partition coefficient (Wildman–Crippen LogP) is 5.15. The van der Waals surface area contributed by atoms with Gasteiger partial charge in [-0.3, -0.25) is 9.59 Å². The second-order valence-electron chi connectivity index (χ2n) is 6.92. The maximum atomic E-state index is 12.8. The minimum absolute atomic E-state index is 0.208. The molecular weight excluding hydrogens is 416 g/mol. The summed E-state index contributed by atoms with van der Waals surface area (Å²) in [5.41, 5.74) is 3.81. The van der Waals surface area contributed by atoms with Crippen LogP contribution in [0.1, 0.15) is 31.9 Å². The van der Waals surface area contributed by atoms with Gasteiger partial charge in [0.1, 0.15) is 5.70 Å². The highest BCUT2D eigenvalue weighted by atomic mass is 35.5. The predicted molar refractivity (Wildman–Crippen MR) is 124 cm³/mol. The van der Waals surface area contributed by atoms with Gasteiger partial charge in [-0.05, 0) is 72.7 Å². The van der Waals surface area contributed by atoms with Gasteiger partial charge in [0.2, 0.25) is 0 Å². The van der Waals surface area contributed by atoms with Gasteiger partial charge in [0.15, 0.2) is 0 Å². The van der Waals surface area contributed by atoms with E-state index in [1.165, 1.54) is 11.3 Å². The fourth-order valence-electron chi connectivity index (χ4n) is 2.86. The third-order valence-electron chi connectivity index (χ3n) is 4.73. The van der Waals surface area contributed by atoms with Crippen LogP contribution in [-0.2, 0) is 11.2 Å². The molecule has 0 unspecified atom stereocenters. The summed E-state index contributed by atoms with van der Waals surface area (Å²) < 4.78 is 0. The lowest BCUT2D eigenvalue weighted by atomic mass is 10.1. The van der Waals surface area contributed by atoms with Gasteiger partial charge in [0, 0.05) is 22.0 Å². The highest BCUT2D eigenvalue weighted by molar-refractivity contribution is 7.10. The lowest BCUT2D eigenvalue weighted by Crippen LogP contribution is -2.35. The molecular formula is C24H23ClN2O2S. The summed E-state index contributed by atoms with van der Waals surface area (Å²) >= 11 is 7.67. The SMILES string of the molecule is Cc1ccc(C(=O)N/C(=C/c2cccs2)C(=O)NCCc2ccccc2Cl)cc1C. The smallest absolute Gasteiger partial charge is 0.267 e. The van der Waals surface area contributed by atoms with Crippen molar-refractivity contribution in [3.8, 4) is 0 Å². The maximum Gasteiger partial charge on any atom is 0.267 e. The zero-order valence-corrected chi connectivity index (χ0v) is 18.4. The number of thiophene rings is 1.